The third-order valence-electron chi connectivity index (χ3n) is 3.56. The highest BCUT2D eigenvalue weighted by Gasteiger charge is 2.27. The molecule has 0 saturated heterocycles. The number of methoxy groups -OCH3 is 1. The van der Waals surface area contributed by atoms with Crippen LogP contribution in [0.25, 0.3) is 0 Å². The van der Waals surface area contributed by atoms with E-state index in [9.17, 15) is 5.11 Å². The van der Waals surface area contributed by atoms with Crippen LogP contribution in [0.15, 0.2) is 36.4 Å². The van der Waals surface area contributed by atoms with Gasteiger partial charge in [-0.2, -0.15) is 0 Å². The van der Waals surface area contributed by atoms with Crippen molar-refractivity contribution in [1.29, 1.82) is 0 Å². The van der Waals surface area contributed by atoms with Gasteiger partial charge in [-0.15, -0.1) is 0 Å². The van der Waals surface area contributed by atoms with Crippen LogP contribution in [0.2, 0.25) is 0 Å². The molecule has 21 heavy (non-hydrogen) atoms. The molecule has 2 rings (SSSR count). The van der Waals surface area contributed by atoms with Gasteiger partial charge in [-0.05, 0) is 29.2 Å². The average Bonchev–Trinajstić information content (AvgIpc) is 2.46. The molecule has 1 aromatic carbocycles. The van der Waals surface area contributed by atoms with E-state index in [0.29, 0.717) is 0 Å². The lowest BCUT2D eigenvalue weighted by Crippen LogP contribution is -2.40. The zero-order valence-corrected chi connectivity index (χ0v) is 13.1. The first-order valence-electron chi connectivity index (χ1n) is 7.18. The van der Waals surface area contributed by atoms with E-state index in [0.717, 1.165) is 5.75 Å². The lowest BCUT2D eigenvalue weighted by molar-refractivity contribution is -0.149. The molecule has 1 aliphatic rings. The number of rotatable bonds is 4. The fraction of sp³-hybridized carbons (Fsp3) is 0.529. The van der Waals surface area contributed by atoms with Crippen molar-refractivity contribution in [3.63, 3.8) is 0 Å². The largest absolute Gasteiger partial charge is 0.461 e. The summed E-state index contributed by atoms with van der Waals surface area (Å²) in [7, 11) is 1.59. The van der Waals surface area contributed by atoms with Crippen LogP contribution in [-0.2, 0) is 14.9 Å². The predicted molar refractivity (Wildman–Crippen MR) is 81.5 cm³/mol. The zero-order chi connectivity index (χ0) is 15.5. The molecule has 0 fully saturated rings. The molecule has 1 N–H and O–H groups in total. The first-order chi connectivity index (χ1) is 9.94. The Morgan fingerprint density at radius 3 is 2.33 bits per heavy atom. The van der Waals surface area contributed by atoms with Crippen LogP contribution in [-0.4, -0.2) is 37.3 Å². The van der Waals surface area contributed by atoms with E-state index >= 15 is 0 Å². The maximum absolute atomic E-state index is 9.31. The molecule has 0 unspecified atom stereocenters. The topological polar surface area (TPSA) is 47.9 Å². The summed E-state index contributed by atoms with van der Waals surface area (Å²) >= 11 is 0. The van der Waals surface area contributed by atoms with Crippen molar-refractivity contribution in [2.75, 3.05) is 13.7 Å². The van der Waals surface area contributed by atoms with Crippen molar-refractivity contribution in [2.45, 2.75) is 44.7 Å². The van der Waals surface area contributed by atoms with Gasteiger partial charge in [0.25, 0.3) is 0 Å². The lowest BCUT2D eigenvalue weighted by Gasteiger charge is -2.30. The molecular weight excluding hydrogens is 268 g/mol. The summed E-state index contributed by atoms with van der Waals surface area (Å²) < 4.78 is 16.6. The Balaban J connectivity index is 2.02. The van der Waals surface area contributed by atoms with Gasteiger partial charge >= 0.3 is 0 Å². The Morgan fingerprint density at radius 2 is 1.81 bits per heavy atom. The Morgan fingerprint density at radius 1 is 1.14 bits per heavy atom. The van der Waals surface area contributed by atoms with E-state index < -0.39 is 12.4 Å². The van der Waals surface area contributed by atoms with Crippen LogP contribution >= 0.6 is 0 Å². The molecule has 1 aromatic rings. The van der Waals surface area contributed by atoms with E-state index in [2.05, 4.69) is 32.9 Å². The van der Waals surface area contributed by atoms with Crippen LogP contribution in [0, 0.1) is 0 Å². The molecule has 1 heterocycles. The average molecular weight is 292 g/mol. The molecule has 4 heteroatoms. The Hall–Kier alpha value is -1.36. The number of hydrogen-bond donors (Lipinski definition) is 1. The van der Waals surface area contributed by atoms with Crippen molar-refractivity contribution in [3.05, 3.63) is 42.0 Å². The summed E-state index contributed by atoms with van der Waals surface area (Å²) in [4.78, 5) is 0. The molecule has 0 radical (unpaired) electrons. The summed E-state index contributed by atoms with van der Waals surface area (Å²) in [6.07, 6.45) is 2.52. The van der Waals surface area contributed by atoms with Crippen molar-refractivity contribution in [1.82, 2.24) is 0 Å². The summed E-state index contributed by atoms with van der Waals surface area (Å²) in [5.74, 6) is 0.741. The first-order valence-corrected chi connectivity index (χ1v) is 7.18. The maximum atomic E-state index is 9.31. The second kappa shape index (κ2) is 6.60. The highest BCUT2D eigenvalue weighted by molar-refractivity contribution is 5.31. The summed E-state index contributed by atoms with van der Waals surface area (Å²) in [6, 6.07) is 8.00. The fourth-order valence-electron chi connectivity index (χ4n) is 2.23. The van der Waals surface area contributed by atoms with Gasteiger partial charge in [0.1, 0.15) is 18.0 Å². The number of aliphatic hydroxyl groups is 1. The van der Waals surface area contributed by atoms with Gasteiger partial charge in [0, 0.05) is 7.11 Å². The van der Waals surface area contributed by atoms with Gasteiger partial charge in [0.2, 0.25) is 6.29 Å². The number of ether oxygens (including phenoxy) is 3. The second-order valence-electron chi connectivity index (χ2n) is 6.20. The van der Waals surface area contributed by atoms with Gasteiger partial charge in [-0.3, -0.25) is 0 Å². The molecule has 0 aromatic heterocycles. The van der Waals surface area contributed by atoms with Crippen LogP contribution in [0.3, 0.4) is 0 Å². The number of hydrogen-bond acceptors (Lipinski definition) is 4. The van der Waals surface area contributed by atoms with Crippen molar-refractivity contribution in [2.24, 2.45) is 0 Å². The maximum Gasteiger partial charge on any atom is 0.220 e. The molecule has 0 aliphatic carbocycles. The third kappa shape index (κ3) is 4.06. The van der Waals surface area contributed by atoms with Crippen LogP contribution in [0.4, 0.5) is 0 Å². The number of benzene rings is 1. The Labute approximate surface area is 126 Å². The van der Waals surface area contributed by atoms with Crippen LogP contribution in [0.1, 0.15) is 26.3 Å². The highest BCUT2D eigenvalue weighted by Crippen LogP contribution is 2.25. The highest BCUT2D eigenvalue weighted by atomic mass is 16.7. The molecule has 0 bridgehead atoms. The van der Waals surface area contributed by atoms with E-state index in [1.807, 2.05) is 18.2 Å². The predicted octanol–water partition coefficient (Wildman–Crippen LogP) is 2.65. The van der Waals surface area contributed by atoms with E-state index in [4.69, 9.17) is 14.2 Å². The van der Waals surface area contributed by atoms with Crippen molar-refractivity contribution < 1.29 is 19.3 Å². The quantitative estimate of drug-likeness (QED) is 0.867. The molecule has 0 spiro atoms. The van der Waals surface area contributed by atoms with E-state index in [-0.39, 0.29) is 18.1 Å². The van der Waals surface area contributed by atoms with Gasteiger partial charge in [0.15, 0.2) is 0 Å². The SMILES string of the molecule is CO[C@@H]1C=C[C@@H](Oc2ccc(C(C)(C)C)cc2)O[C@@H]1CO. The molecule has 0 saturated carbocycles. The minimum atomic E-state index is -0.506. The normalized spacial score (nSPS) is 25.9. The molecule has 4 nitrogen and oxygen atoms in total. The zero-order valence-electron chi connectivity index (χ0n) is 13.1. The van der Waals surface area contributed by atoms with Crippen molar-refractivity contribution in [3.8, 4) is 5.75 Å². The van der Waals surface area contributed by atoms with Gasteiger partial charge in [-0.1, -0.05) is 39.0 Å². The smallest absolute Gasteiger partial charge is 0.220 e. The lowest BCUT2D eigenvalue weighted by atomic mass is 9.87. The molecule has 116 valence electrons. The second-order valence-corrected chi connectivity index (χ2v) is 6.20. The minimum absolute atomic E-state index is 0.105. The van der Waals surface area contributed by atoms with Gasteiger partial charge in [0.05, 0.1) is 6.61 Å². The van der Waals surface area contributed by atoms with Crippen LogP contribution < -0.4 is 4.74 Å². The number of aliphatic hydroxyl groups excluding tert-OH is 1. The molecular formula is C17H24O4. The van der Waals surface area contributed by atoms with Crippen molar-refractivity contribution >= 4 is 0 Å². The summed E-state index contributed by atoms with van der Waals surface area (Å²) in [5, 5.41) is 9.31. The fourth-order valence-corrected chi connectivity index (χ4v) is 2.23. The van der Waals surface area contributed by atoms with Crippen LogP contribution in [0.5, 0.6) is 5.75 Å². The summed E-state index contributed by atoms with van der Waals surface area (Å²) in [5.41, 5.74) is 1.37. The first kappa shape index (κ1) is 16.0. The molecule has 0 amide bonds. The molecule has 1 aliphatic heterocycles. The van der Waals surface area contributed by atoms with E-state index in [1.165, 1.54) is 5.56 Å². The minimum Gasteiger partial charge on any atom is -0.461 e. The van der Waals surface area contributed by atoms with Gasteiger partial charge < -0.3 is 19.3 Å². The van der Waals surface area contributed by atoms with Gasteiger partial charge in [-0.25, -0.2) is 0 Å². The standard InChI is InChI=1S/C17H24O4/c1-17(2,3)12-5-7-13(8-6-12)20-16-10-9-14(19-4)15(11-18)21-16/h5-10,14-16,18H,11H2,1-4H3/t14-,15-,16+/m1/s1. The Bertz CT molecular complexity index is 473. The van der Waals surface area contributed by atoms with E-state index in [1.54, 1.807) is 13.2 Å². The monoisotopic (exact) mass is 292 g/mol. The third-order valence-corrected chi connectivity index (χ3v) is 3.56. The Kier molecular flexibility index (Phi) is 5.04. The molecule has 3 atom stereocenters. The summed E-state index contributed by atoms with van der Waals surface area (Å²) in [6.45, 7) is 6.41.